The number of nitrogens with one attached hydrogen (secondary N) is 1. The Hall–Kier alpha value is -3.34. The molecule has 10 heteroatoms. The third-order valence-corrected chi connectivity index (χ3v) is 10.9. The number of carbonyl (C=O) groups excluding carboxylic acids is 1. The number of anilines is 1. The van der Waals surface area contributed by atoms with E-state index in [1.165, 1.54) is 11.9 Å². The van der Waals surface area contributed by atoms with Crippen LogP contribution in [-0.4, -0.2) is 77.6 Å². The Balaban J connectivity index is 1.23. The topological polar surface area (TPSA) is 98.7 Å². The lowest BCUT2D eigenvalue weighted by Crippen LogP contribution is -2.58. The van der Waals surface area contributed by atoms with Crippen molar-refractivity contribution in [2.75, 3.05) is 36.8 Å². The van der Waals surface area contributed by atoms with Crippen molar-refractivity contribution in [1.82, 2.24) is 24.5 Å². The van der Waals surface area contributed by atoms with Crippen LogP contribution in [0, 0.1) is 13.8 Å². The quantitative estimate of drug-likeness (QED) is 0.352. The van der Waals surface area contributed by atoms with Gasteiger partial charge in [0.1, 0.15) is 6.33 Å². The number of hydrogen-bond acceptors (Lipinski definition) is 7. The van der Waals surface area contributed by atoms with Gasteiger partial charge in [-0.25, -0.2) is 23.1 Å². The van der Waals surface area contributed by atoms with Crippen molar-refractivity contribution in [2.45, 2.75) is 78.0 Å². The summed E-state index contributed by atoms with van der Waals surface area (Å²) >= 11 is 0. The van der Waals surface area contributed by atoms with Crippen molar-refractivity contribution in [2.24, 2.45) is 0 Å². The van der Waals surface area contributed by atoms with Crippen LogP contribution < -0.4 is 9.62 Å². The minimum absolute atomic E-state index is 0.0479. The van der Waals surface area contributed by atoms with Crippen LogP contribution in [0.15, 0.2) is 60.9 Å². The molecule has 9 nitrogen and oxygen atoms in total. The summed E-state index contributed by atoms with van der Waals surface area (Å²) in [6, 6.07) is 19.3. The van der Waals surface area contributed by atoms with E-state index in [0.29, 0.717) is 18.2 Å². The Morgan fingerprint density at radius 2 is 1.55 bits per heavy atom. The molecule has 0 aliphatic carbocycles. The van der Waals surface area contributed by atoms with Crippen LogP contribution >= 0.6 is 0 Å². The van der Waals surface area contributed by atoms with E-state index < -0.39 is 10.0 Å². The second-order valence-electron chi connectivity index (χ2n) is 12.4. The van der Waals surface area contributed by atoms with E-state index >= 15 is 0 Å². The number of sulfonamides is 1. The maximum atomic E-state index is 13.3. The Morgan fingerprint density at radius 1 is 0.932 bits per heavy atom. The first-order valence-corrected chi connectivity index (χ1v) is 17.4. The van der Waals surface area contributed by atoms with Crippen molar-refractivity contribution in [3.05, 3.63) is 89.0 Å². The Bertz CT molecular complexity index is 1490. The van der Waals surface area contributed by atoms with Gasteiger partial charge in [-0.2, -0.15) is 0 Å². The van der Waals surface area contributed by atoms with Gasteiger partial charge in [0.15, 0.2) is 0 Å². The fourth-order valence-corrected chi connectivity index (χ4v) is 7.19. The number of amides is 1. The molecule has 2 aliphatic heterocycles. The lowest BCUT2D eigenvalue weighted by molar-refractivity contribution is 0.0170. The van der Waals surface area contributed by atoms with Crippen molar-refractivity contribution in [1.29, 1.82) is 0 Å². The SMILES string of the molecule is CCS(=O)(=O)NCc1ccc(N(Cc2ccccc2)C2CCN(C3(C)CCN(C(=O)c4c(C)ncnc4C)CC3)CC2)cc1. The highest BCUT2D eigenvalue weighted by atomic mass is 32.2. The molecule has 2 saturated heterocycles. The first-order valence-electron chi connectivity index (χ1n) is 15.8. The van der Waals surface area contributed by atoms with Gasteiger partial charge in [0.05, 0.1) is 22.7 Å². The van der Waals surface area contributed by atoms with Gasteiger partial charge in [0.25, 0.3) is 5.91 Å². The summed E-state index contributed by atoms with van der Waals surface area (Å²) in [5, 5.41) is 0. The maximum Gasteiger partial charge on any atom is 0.257 e. The van der Waals surface area contributed by atoms with Gasteiger partial charge >= 0.3 is 0 Å². The van der Waals surface area contributed by atoms with Crippen molar-refractivity contribution in [3.63, 3.8) is 0 Å². The van der Waals surface area contributed by atoms with Crippen LogP contribution in [-0.2, 0) is 23.1 Å². The summed E-state index contributed by atoms with van der Waals surface area (Å²) in [6.45, 7) is 12.4. The average Bonchev–Trinajstić information content (AvgIpc) is 3.04. The Morgan fingerprint density at radius 3 is 2.14 bits per heavy atom. The van der Waals surface area contributed by atoms with Crippen molar-refractivity contribution < 1.29 is 13.2 Å². The molecular formula is C34H46N6O3S. The Labute approximate surface area is 262 Å². The number of nitrogens with zero attached hydrogens (tertiary/aromatic N) is 5. The van der Waals surface area contributed by atoms with E-state index in [1.54, 1.807) is 6.92 Å². The van der Waals surface area contributed by atoms with Crippen molar-refractivity contribution >= 4 is 21.6 Å². The number of aromatic nitrogens is 2. The molecule has 0 atom stereocenters. The fourth-order valence-electron chi connectivity index (χ4n) is 6.60. The lowest BCUT2D eigenvalue weighted by atomic mass is 9.85. The molecule has 3 aromatic rings. The highest BCUT2D eigenvalue weighted by Crippen LogP contribution is 2.34. The molecule has 2 aliphatic rings. The number of rotatable bonds is 10. The van der Waals surface area contributed by atoms with Crippen molar-refractivity contribution in [3.8, 4) is 0 Å². The second-order valence-corrected chi connectivity index (χ2v) is 14.5. The normalized spacial score (nSPS) is 17.9. The fraction of sp³-hybridized carbons (Fsp3) is 0.500. The highest BCUT2D eigenvalue weighted by molar-refractivity contribution is 7.89. The number of likely N-dealkylation sites (tertiary alicyclic amines) is 2. The summed E-state index contributed by atoms with van der Waals surface area (Å²) in [4.78, 5) is 29.0. The molecule has 0 spiro atoms. The molecule has 3 heterocycles. The Kier molecular flexibility index (Phi) is 10.0. The molecule has 236 valence electrons. The van der Waals surface area contributed by atoms with Gasteiger partial charge < -0.3 is 9.80 Å². The molecule has 2 aromatic carbocycles. The first-order chi connectivity index (χ1) is 21.1. The standard InChI is InChI=1S/C34H46N6O3S/c1-5-44(42,43)37-23-28-11-13-30(14-12-28)40(24-29-9-7-6-8-10-29)31-15-19-39(20-16-31)34(4)17-21-38(22-18-34)33(41)32-26(2)35-25-36-27(32)3/h6-14,25,31,37H,5,15-24H2,1-4H3. The monoisotopic (exact) mass is 618 g/mol. The minimum Gasteiger partial charge on any atom is -0.364 e. The zero-order chi connectivity index (χ0) is 31.3. The summed E-state index contributed by atoms with van der Waals surface area (Å²) in [5.74, 6) is 0.124. The van der Waals surface area contributed by atoms with Gasteiger partial charge in [-0.3, -0.25) is 9.69 Å². The number of aryl methyl sites for hydroxylation is 2. The van der Waals surface area contributed by atoms with Gasteiger partial charge in [0, 0.05) is 56.5 Å². The number of piperidine rings is 2. The van der Waals surface area contributed by atoms with Crippen LogP contribution in [0.3, 0.4) is 0 Å². The molecule has 0 radical (unpaired) electrons. The summed E-state index contributed by atoms with van der Waals surface area (Å²) in [5.41, 5.74) is 5.57. The predicted molar refractivity (Wildman–Crippen MR) is 175 cm³/mol. The molecule has 2 fully saturated rings. The van der Waals surface area contributed by atoms with Crippen LogP contribution in [0.5, 0.6) is 0 Å². The number of benzene rings is 2. The molecule has 44 heavy (non-hydrogen) atoms. The van der Waals surface area contributed by atoms with Crippen LogP contribution in [0.25, 0.3) is 0 Å². The van der Waals surface area contributed by atoms with Gasteiger partial charge in [-0.15, -0.1) is 0 Å². The van der Waals surface area contributed by atoms with Crippen LogP contribution in [0.4, 0.5) is 5.69 Å². The smallest absolute Gasteiger partial charge is 0.257 e. The first kappa shape index (κ1) is 32.1. The number of hydrogen-bond donors (Lipinski definition) is 1. The van der Waals surface area contributed by atoms with Crippen LogP contribution in [0.2, 0.25) is 0 Å². The third-order valence-electron chi connectivity index (χ3n) is 9.58. The third kappa shape index (κ3) is 7.47. The summed E-state index contributed by atoms with van der Waals surface area (Å²) in [7, 11) is -3.23. The van der Waals surface area contributed by atoms with Gasteiger partial charge in [-0.1, -0.05) is 42.5 Å². The summed E-state index contributed by atoms with van der Waals surface area (Å²) in [6.07, 6.45) is 5.54. The lowest BCUT2D eigenvalue weighted by Gasteiger charge is -2.50. The van der Waals surface area contributed by atoms with Gasteiger partial charge in [-0.05, 0) is 76.6 Å². The molecule has 0 bridgehead atoms. The van der Waals surface area contributed by atoms with E-state index in [-0.39, 0.29) is 17.2 Å². The molecule has 5 rings (SSSR count). The van der Waals surface area contributed by atoms with E-state index in [1.807, 2.05) is 36.9 Å². The molecule has 0 unspecified atom stereocenters. The zero-order valence-corrected chi connectivity index (χ0v) is 27.3. The highest BCUT2D eigenvalue weighted by Gasteiger charge is 2.39. The molecule has 1 N–H and O–H groups in total. The summed E-state index contributed by atoms with van der Waals surface area (Å²) < 4.78 is 26.5. The zero-order valence-electron chi connectivity index (χ0n) is 26.5. The number of carbonyl (C=O) groups is 1. The molecule has 1 amide bonds. The average molecular weight is 619 g/mol. The molecule has 1 aromatic heterocycles. The van der Waals surface area contributed by atoms with Gasteiger partial charge in [0.2, 0.25) is 10.0 Å². The maximum absolute atomic E-state index is 13.3. The van der Waals surface area contributed by atoms with E-state index in [2.05, 4.69) is 67.8 Å². The van der Waals surface area contributed by atoms with E-state index in [4.69, 9.17) is 0 Å². The molecular weight excluding hydrogens is 572 g/mol. The van der Waals surface area contributed by atoms with Crippen LogP contribution in [0.1, 0.15) is 72.4 Å². The minimum atomic E-state index is -3.23. The largest absolute Gasteiger partial charge is 0.364 e. The molecule has 0 saturated carbocycles. The van der Waals surface area contributed by atoms with E-state index in [0.717, 1.165) is 81.0 Å². The second kappa shape index (κ2) is 13.7. The predicted octanol–water partition coefficient (Wildman–Crippen LogP) is 4.70. The van der Waals surface area contributed by atoms with E-state index in [9.17, 15) is 13.2 Å².